The van der Waals surface area contributed by atoms with Gasteiger partial charge in [0.1, 0.15) is 6.33 Å². The van der Waals surface area contributed by atoms with Gasteiger partial charge in [0.25, 0.3) is 0 Å². The molecule has 5 aromatic rings. The topological polar surface area (TPSA) is 100 Å². The van der Waals surface area contributed by atoms with Gasteiger partial charge in [-0.25, -0.2) is 4.79 Å². The Bertz CT molecular complexity index is 1800. The van der Waals surface area contributed by atoms with Crippen LogP contribution in [0.2, 0.25) is 5.02 Å². The number of carbonyl (C=O) groups excluding carboxylic acids is 1. The highest BCUT2D eigenvalue weighted by molar-refractivity contribution is 6.31. The number of pyridine rings is 1. The Morgan fingerprint density at radius 3 is 2.54 bits per heavy atom. The molecule has 2 aromatic heterocycles. The van der Waals surface area contributed by atoms with E-state index in [1.807, 2.05) is 47.4 Å². The van der Waals surface area contributed by atoms with Crippen molar-refractivity contribution in [2.75, 3.05) is 19.7 Å². The molecule has 2 fully saturated rings. The fraction of sp³-hybridized carbons (Fsp3) is 0.306. The average Bonchev–Trinajstić information content (AvgIpc) is 3.77. The molecule has 0 N–H and O–H groups in total. The Labute approximate surface area is 273 Å². The second-order valence-electron chi connectivity index (χ2n) is 12.3. The molecule has 2 aliphatic rings. The van der Waals surface area contributed by atoms with Crippen LogP contribution < -0.4 is 4.73 Å². The lowest BCUT2D eigenvalue weighted by Crippen LogP contribution is -2.38. The molecule has 10 heteroatoms. The Kier molecular flexibility index (Phi) is 8.66. The second kappa shape index (κ2) is 13.3. The summed E-state index contributed by atoms with van der Waals surface area (Å²) in [6, 6.07) is 28.2. The standard InChI is InChI=1S/C36H35ClN6O3/c37-31-12-14-34(42-24-38-39-40-42)33(21-31)30-11-13-35(43(45)22-30)32(19-25-5-2-1-3-6-25)29-8-4-7-28(20-29)27-15-17-41(18-16-27)36(44)46-23-26-9-10-26/h1-8,11-14,20-22,24,26-27,32H,9-10,15-19,23H2. The summed E-state index contributed by atoms with van der Waals surface area (Å²) in [5.74, 6) is 0.715. The lowest BCUT2D eigenvalue weighted by Gasteiger charge is -2.32. The first-order valence-corrected chi connectivity index (χ1v) is 16.2. The SMILES string of the molecule is O=C(OCC1CC1)N1CCC(c2cccc(C(Cc3ccccc3)c3ccc(-c4cc(Cl)ccc4-n4cnnn4)c[n+]3[O-])c2)CC1. The maximum Gasteiger partial charge on any atom is 0.409 e. The molecule has 0 bridgehead atoms. The van der Waals surface area contributed by atoms with Crippen LogP contribution in [0.1, 0.15) is 59.9 Å². The minimum atomic E-state index is -0.187. The number of likely N-dealkylation sites (tertiary alicyclic amines) is 1. The number of benzene rings is 3. The van der Waals surface area contributed by atoms with Crippen molar-refractivity contribution in [2.24, 2.45) is 5.92 Å². The minimum absolute atomic E-state index is 0.176. The van der Waals surface area contributed by atoms with Gasteiger partial charge < -0.3 is 14.8 Å². The van der Waals surface area contributed by atoms with Gasteiger partial charge in [0.15, 0.2) is 6.20 Å². The lowest BCUT2D eigenvalue weighted by molar-refractivity contribution is -0.614. The van der Waals surface area contributed by atoms with Crippen LogP contribution in [-0.4, -0.2) is 50.9 Å². The molecule has 1 saturated carbocycles. The molecule has 234 valence electrons. The Morgan fingerprint density at radius 2 is 1.80 bits per heavy atom. The fourth-order valence-electron chi connectivity index (χ4n) is 6.37. The molecule has 1 aliphatic carbocycles. The molecule has 3 heterocycles. The van der Waals surface area contributed by atoms with Crippen LogP contribution in [-0.2, 0) is 11.2 Å². The number of hydrogen-bond donors (Lipinski definition) is 0. The van der Waals surface area contributed by atoms with Gasteiger partial charge in [-0.05, 0) is 95.3 Å². The molecule has 46 heavy (non-hydrogen) atoms. The number of hydrogen-bond acceptors (Lipinski definition) is 6. The van der Waals surface area contributed by atoms with Crippen LogP contribution in [0.5, 0.6) is 0 Å². The van der Waals surface area contributed by atoms with E-state index in [9.17, 15) is 10.0 Å². The molecule has 1 atom stereocenters. The second-order valence-corrected chi connectivity index (χ2v) is 12.7. The zero-order chi connectivity index (χ0) is 31.5. The Balaban J connectivity index is 1.16. The van der Waals surface area contributed by atoms with Crippen LogP contribution in [0, 0.1) is 11.1 Å². The molecule has 1 saturated heterocycles. The van der Waals surface area contributed by atoms with Crippen molar-refractivity contribution in [1.82, 2.24) is 25.1 Å². The number of rotatable bonds is 9. The van der Waals surface area contributed by atoms with Crippen molar-refractivity contribution >= 4 is 17.7 Å². The van der Waals surface area contributed by atoms with Crippen LogP contribution in [0.25, 0.3) is 16.8 Å². The number of carbonyl (C=O) groups is 1. The normalized spacial score (nSPS) is 15.9. The predicted octanol–water partition coefficient (Wildman–Crippen LogP) is 6.72. The smallest absolute Gasteiger partial charge is 0.409 e. The first-order valence-electron chi connectivity index (χ1n) is 15.8. The van der Waals surface area contributed by atoms with Gasteiger partial charge in [0, 0.05) is 35.3 Å². The lowest BCUT2D eigenvalue weighted by atomic mass is 9.84. The molecule has 0 spiro atoms. The first kappa shape index (κ1) is 29.9. The zero-order valence-electron chi connectivity index (χ0n) is 25.4. The molecule has 7 rings (SSSR count). The van der Waals surface area contributed by atoms with Gasteiger partial charge >= 0.3 is 6.09 Å². The Hall–Kier alpha value is -4.76. The van der Waals surface area contributed by atoms with Gasteiger partial charge in [-0.3, -0.25) is 0 Å². The highest BCUT2D eigenvalue weighted by atomic mass is 35.5. The summed E-state index contributed by atoms with van der Waals surface area (Å²) in [4.78, 5) is 14.4. The van der Waals surface area contributed by atoms with Crippen LogP contribution in [0.4, 0.5) is 4.79 Å². The van der Waals surface area contributed by atoms with Gasteiger partial charge in [0.2, 0.25) is 5.69 Å². The van der Waals surface area contributed by atoms with Gasteiger partial charge in [0.05, 0.1) is 18.2 Å². The fourth-order valence-corrected chi connectivity index (χ4v) is 6.54. The summed E-state index contributed by atoms with van der Waals surface area (Å²) in [6.45, 7) is 1.91. The maximum atomic E-state index is 13.9. The van der Waals surface area contributed by atoms with E-state index in [0.717, 1.165) is 52.8 Å². The number of nitrogens with zero attached hydrogens (tertiary/aromatic N) is 6. The van der Waals surface area contributed by atoms with E-state index in [-0.39, 0.29) is 12.0 Å². The highest BCUT2D eigenvalue weighted by Gasteiger charge is 2.29. The number of ether oxygens (including phenoxy) is 1. The largest absolute Gasteiger partial charge is 0.618 e. The molecular formula is C36H35ClN6O3. The predicted molar refractivity (Wildman–Crippen MR) is 175 cm³/mol. The number of piperidine rings is 1. The molecule has 1 amide bonds. The summed E-state index contributed by atoms with van der Waals surface area (Å²) in [6.07, 6.45) is 7.69. The molecule has 0 radical (unpaired) electrons. The molecule has 1 aliphatic heterocycles. The van der Waals surface area contributed by atoms with E-state index in [1.54, 1.807) is 16.9 Å². The first-order chi connectivity index (χ1) is 22.5. The van der Waals surface area contributed by atoms with E-state index >= 15 is 0 Å². The van der Waals surface area contributed by atoms with Crippen molar-refractivity contribution in [3.63, 3.8) is 0 Å². The summed E-state index contributed by atoms with van der Waals surface area (Å²) >= 11 is 6.38. The summed E-state index contributed by atoms with van der Waals surface area (Å²) in [5.41, 5.74) is 6.31. The van der Waals surface area contributed by atoms with Crippen LogP contribution >= 0.6 is 11.6 Å². The highest BCUT2D eigenvalue weighted by Crippen LogP contribution is 2.35. The van der Waals surface area contributed by atoms with Crippen LogP contribution in [0.15, 0.2) is 97.5 Å². The zero-order valence-corrected chi connectivity index (χ0v) is 26.2. The third-order valence-electron chi connectivity index (χ3n) is 9.13. The van der Waals surface area contributed by atoms with Gasteiger partial charge in [-0.1, -0.05) is 66.2 Å². The monoisotopic (exact) mass is 634 g/mol. The number of aromatic nitrogens is 5. The van der Waals surface area contributed by atoms with E-state index in [4.69, 9.17) is 16.3 Å². The molecular weight excluding hydrogens is 600 g/mol. The molecule has 3 aromatic carbocycles. The van der Waals surface area contributed by atoms with E-state index < -0.39 is 0 Å². The van der Waals surface area contributed by atoms with E-state index in [1.165, 1.54) is 11.9 Å². The number of tetrazole rings is 1. The van der Waals surface area contributed by atoms with Gasteiger partial charge in [-0.15, -0.1) is 5.10 Å². The molecule has 1 unspecified atom stereocenters. The van der Waals surface area contributed by atoms with Crippen molar-refractivity contribution in [2.45, 2.75) is 43.9 Å². The summed E-state index contributed by atoms with van der Waals surface area (Å²) < 4.78 is 8.05. The van der Waals surface area contributed by atoms with Crippen LogP contribution in [0.3, 0.4) is 0 Å². The van der Waals surface area contributed by atoms with E-state index in [0.29, 0.717) is 54.2 Å². The minimum Gasteiger partial charge on any atom is -0.618 e. The Morgan fingerprint density at radius 1 is 0.978 bits per heavy atom. The third kappa shape index (κ3) is 6.74. The van der Waals surface area contributed by atoms with Crippen molar-refractivity contribution in [3.8, 4) is 16.8 Å². The third-order valence-corrected chi connectivity index (χ3v) is 9.36. The summed E-state index contributed by atoms with van der Waals surface area (Å²) in [5, 5.41) is 26.0. The van der Waals surface area contributed by atoms with Crippen molar-refractivity contribution < 1.29 is 14.3 Å². The summed E-state index contributed by atoms with van der Waals surface area (Å²) in [7, 11) is 0. The average molecular weight is 635 g/mol. The maximum absolute atomic E-state index is 13.9. The number of halogens is 1. The molecule has 9 nitrogen and oxygen atoms in total. The van der Waals surface area contributed by atoms with E-state index in [2.05, 4.69) is 51.9 Å². The van der Waals surface area contributed by atoms with Gasteiger partial charge in [-0.2, -0.15) is 9.41 Å². The van der Waals surface area contributed by atoms with Crippen molar-refractivity contribution in [1.29, 1.82) is 0 Å². The quantitative estimate of drug-likeness (QED) is 0.132. The van der Waals surface area contributed by atoms with Crippen molar-refractivity contribution in [3.05, 3.63) is 130 Å². The number of amides is 1.